The van der Waals surface area contributed by atoms with Crippen LogP contribution in [0.3, 0.4) is 0 Å². The SMILES string of the molecule is CC1(CN)CCN(S(=O)(=O)c2cc(F)ccc2Cl)C1.Cl. The average molecular weight is 343 g/mol. The quantitative estimate of drug-likeness (QED) is 0.916. The van der Waals surface area contributed by atoms with Crippen molar-refractivity contribution in [2.24, 2.45) is 11.1 Å². The van der Waals surface area contributed by atoms with Gasteiger partial charge in [-0.2, -0.15) is 4.31 Å². The minimum absolute atomic E-state index is 0. The van der Waals surface area contributed by atoms with E-state index in [0.29, 0.717) is 26.1 Å². The normalized spacial score (nSPS) is 23.6. The maximum atomic E-state index is 13.2. The number of sulfonamides is 1. The topological polar surface area (TPSA) is 63.4 Å². The first kappa shape index (κ1) is 17.7. The summed E-state index contributed by atoms with van der Waals surface area (Å²) in [6.45, 7) is 3.06. The van der Waals surface area contributed by atoms with Gasteiger partial charge in [0, 0.05) is 13.1 Å². The lowest BCUT2D eigenvalue weighted by Gasteiger charge is -2.22. The van der Waals surface area contributed by atoms with Crippen molar-refractivity contribution in [2.75, 3.05) is 19.6 Å². The van der Waals surface area contributed by atoms with Gasteiger partial charge in [0.15, 0.2) is 0 Å². The van der Waals surface area contributed by atoms with Crippen molar-refractivity contribution in [3.8, 4) is 0 Å². The molecular formula is C12H17Cl2FN2O2S. The molecule has 20 heavy (non-hydrogen) atoms. The molecule has 0 amide bonds. The van der Waals surface area contributed by atoms with E-state index < -0.39 is 15.8 Å². The number of hydrogen-bond donors (Lipinski definition) is 1. The van der Waals surface area contributed by atoms with Gasteiger partial charge in [0.1, 0.15) is 10.7 Å². The van der Waals surface area contributed by atoms with E-state index in [-0.39, 0.29) is 27.7 Å². The molecule has 1 aromatic carbocycles. The van der Waals surface area contributed by atoms with Gasteiger partial charge >= 0.3 is 0 Å². The summed E-state index contributed by atoms with van der Waals surface area (Å²) < 4.78 is 39.4. The number of nitrogens with two attached hydrogens (primary N) is 1. The second kappa shape index (κ2) is 6.15. The Bertz CT molecular complexity index is 597. The van der Waals surface area contributed by atoms with Crippen LogP contribution in [0.25, 0.3) is 0 Å². The number of halogens is 3. The first-order valence-corrected chi connectivity index (χ1v) is 7.76. The van der Waals surface area contributed by atoms with Crippen molar-refractivity contribution in [3.63, 3.8) is 0 Å². The summed E-state index contributed by atoms with van der Waals surface area (Å²) in [5.41, 5.74) is 5.43. The van der Waals surface area contributed by atoms with Gasteiger partial charge < -0.3 is 5.73 Å². The van der Waals surface area contributed by atoms with Crippen LogP contribution in [0.2, 0.25) is 5.02 Å². The third-order valence-electron chi connectivity index (χ3n) is 3.53. The highest BCUT2D eigenvalue weighted by Gasteiger charge is 2.39. The van der Waals surface area contributed by atoms with Gasteiger partial charge in [0.2, 0.25) is 10.0 Å². The lowest BCUT2D eigenvalue weighted by atomic mass is 9.90. The number of nitrogens with zero attached hydrogens (tertiary/aromatic N) is 1. The number of benzene rings is 1. The summed E-state index contributed by atoms with van der Waals surface area (Å²) in [4.78, 5) is -0.185. The van der Waals surface area contributed by atoms with Crippen LogP contribution in [0, 0.1) is 11.2 Å². The molecule has 4 nitrogen and oxygen atoms in total. The lowest BCUT2D eigenvalue weighted by molar-refractivity contribution is 0.349. The van der Waals surface area contributed by atoms with Crippen LogP contribution in [0.1, 0.15) is 13.3 Å². The average Bonchev–Trinajstić information content (AvgIpc) is 2.76. The molecule has 114 valence electrons. The Morgan fingerprint density at radius 2 is 2.15 bits per heavy atom. The van der Waals surface area contributed by atoms with Crippen molar-refractivity contribution in [1.82, 2.24) is 4.31 Å². The zero-order chi connectivity index (χ0) is 14.3. The van der Waals surface area contributed by atoms with E-state index in [4.69, 9.17) is 17.3 Å². The molecule has 0 aromatic heterocycles. The molecule has 1 unspecified atom stereocenters. The van der Waals surface area contributed by atoms with Crippen LogP contribution in [-0.4, -0.2) is 32.4 Å². The molecule has 0 bridgehead atoms. The minimum Gasteiger partial charge on any atom is -0.330 e. The Hall–Kier alpha value is -0.400. The third-order valence-corrected chi connectivity index (χ3v) is 5.85. The van der Waals surface area contributed by atoms with Gasteiger partial charge in [-0.05, 0) is 36.6 Å². The fourth-order valence-corrected chi connectivity index (χ4v) is 4.24. The summed E-state index contributed by atoms with van der Waals surface area (Å²) in [6, 6.07) is 3.34. The molecule has 1 aliphatic rings. The van der Waals surface area contributed by atoms with Crippen molar-refractivity contribution in [3.05, 3.63) is 29.0 Å². The largest absolute Gasteiger partial charge is 0.330 e. The number of hydrogen-bond acceptors (Lipinski definition) is 3. The predicted octanol–water partition coefficient (Wildman–Crippen LogP) is 2.26. The van der Waals surface area contributed by atoms with Gasteiger partial charge in [-0.15, -0.1) is 12.4 Å². The Labute approximate surface area is 129 Å². The van der Waals surface area contributed by atoms with E-state index >= 15 is 0 Å². The lowest BCUT2D eigenvalue weighted by Crippen LogP contribution is -2.34. The highest BCUT2D eigenvalue weighted by molar-refractivity contribution is 7.89. The zero-order valence-electron chi connectivity index (χ0n) is 11.0. The standard InChI is InChI=1S/C12H16ClFN2O2S.ClH/c1-12(7-15)4-5-16(8-12)19(17,18)11-6-9(14)2-3-10(11)13;/h2-3,6H,4-5,7-8,15H2,1H3;1H. The molecule has 1 heterocycles. The Morgan fingerprint density at radius 1 is 1.50 bits per heavy atom. The van der Waals surface area contributed by atoms with Crippen molar-refractivity contribution in [2.45, 2.75) is 18.2 Å². The van der Waals surface area contributed by atoms with Crippen LogP contribution >= 0.6 is 24.0 Å². The smallest absolute Gasteiger partial charge is 0.244 e. The van der Waals surface area contributed by atoms with E-state index in [9.17, 15) is 12.8 Å². The van der Waals surface area contributed by atoms with E-state index in [1.165, 1.54) is 10.4 Å². The first-order valence-electron chi connectivity index (χ1n) is 5.94. The fourth-order valence-electron chi connectivity index (χ4n) is 2.16. The summed E-state index contributed by atoms with van der Waals surface area (Å²) in [5.74, 6) is -0.622. The Morgan fingerprint density at radius 3 is 2.70 bits per heavy atom. The maximum Gasteiger partial charge on any atom is 0.244 e. The fraction of sp³-hybridized carbons (Fsp3) is 0.500. The van der Waals surface area contributed by atoms with Gasteiger partial charge in [-0.25, -0.2) is 12.8 Å². The highest BCUT2D eigenvalue weighted by Crippen LogP contribution is 2.34. The molecule has 1 aromatic rings. The molecule has 2 rings (SSSR count). The summed E-state index contributed by atoms with van der Waals surface area (Å²) in [6.07, 6.45) is 0.690. The molecule has 1 saturated heterocycles. The van der Waals surface area contributed by atoms with Gasteiger partial charge in [0.25, 0.3) is 0 Å². The third kappa shape index (κ3) is 3.26. The first-order chi connectivity index (χ1) is 8.78. The predicted molar refractivity (Wildman–Crippen MR) is 79.2 cm³/mol. The van der Waals surface area contributed by atoms with Crippen LogP contribution in [-0.2, 0) is 10.0 Å². The van der Waals surface area contributed by atoms with E-state index in [2.05, 4.69) is 0 Å². The Kier molecular flexibility index (Phi) is 5.43. The second-order valence-electron chi connectivity index (χ2n) is 5.18. The second-order valence-corrected chi connectivity index (χ2v) is 7.49. The zero-order valence-corrected chi connectivity index (χ0v) is 13.4. The molecule has 1 aliphatic heterocycles. The van der Waals surface area contributed by atoms with Gasteiger partial charge in [-0.3, -0.25) is 0 Å². The van der Waals surface area contributed by atoms with E-state index in [1.807, 2.05) is 6.92 Å². The molecule has 0 radical (unpaired) electrons. The molecule has 1 fully saturated rings. The van der Waals surface area contributed by atoms with Crippen LogP contribution in [0.15, 0.2) is 23.1 Å². The molecule has 0 saturated carbocycles. The van der Waals surface area contributed by atoms with Crippen LogP contribution in [0.5, 0.6) is 0 Å². The maximum absolute atomic E-state index is 13.2. The molecular weight excluding hydrogens is 326 g/mol. The number of rotatable bonds is 3. The Balaban J connectivity index is 0.00000200. The van der Waals surface area contributed by atoms with E-state index in [0.717, 1.165) is 12.1 Å². The van der Waals surface area contributed by atoms with Crippen molar-refractivity contribution < 1.29 is 12.8 Å². The molecule has 2 N–H and O–H groups in total. The van der Waals surface area contributed by atoms with Crippen molar-refractivity contribution >= 4 is 34.0 Å². The minimum atomic E-state index is -3.77. The summed E-state index contributed by atoms with van der Waals surface area (Å²) >= 11 is 5.87. The summed E-state index contributed by atoms with van der Waals surface area (Å²) in [7, 11) is -3.77. The molecule has 1 atom stereocenters. The van der Waals surface area contributed by atoms with Crippen LogP contribution < -0.4 is 5.73 Å². The molecule has 0 spiro atoms. The molecule has 0 aliphatic carbocycles. The molecule has 8 heteroatoms. The van der Waals surface area contributed by atoms with Crippen molar-refractivity contribution in [1.29, 1.82) is 0 Å². The van der Waals surface area contributed by atoms with E-state index in [1.54, 1.807) is 0 Å². The monoisotopic (exact) mass is 342 g/mol. The van der Waals surface area contributed by atoms with Crippen LogP contribution in [0.4, 0.5) is 4.39 Å². The van der Waals surface area contributed by atoms with Gasteiger partial charge in [0.05, 0.1) is 5.02 Å². The summed E-state index contributed by atoms with van der Waals surface area (Å²) in [5, 5.41) is 0.0303. The van der Waals surface area contributed by atoms with Gasteiger partial charge in [-0.1, -0.05) is 18.5 Å². The highest BCUT2D eigenvalue weighted by atomic mass is 35.5.